The van der Waals surface area contributed by atoms with Crippen molar-refractivity contribution in [1.29, 1.82) is 0 Å². The van der Waals surface area contributed by atoms with E-state index < -0.39 is 6.04 Å². The van der Waals surface area contributed by atoms with Gasteiger partial charge in [0.25, 0.3) is 0 Å². The minimum absolute atomic E-state index is 0.000370. The van der Waals surface area contributed by atoms with E-state index in [0.717, 1.165) is 24.9 Å². The lowest BCUT2D eigenvalue weighted by Crippen LogP contribution is -2.46. The lowest BCUT2D eigenvalue weighted by molar-refractivity contribution is -0.136. The van der Waals surface area contributed by atoms with Gasteiger partial charge >= 0.3 is 0 Å². The quantitative estimate of drug-likeness (QED) is 0.832. The molecule has 0 aromatic carbocycles. The minimum Gasteiger partial charge on any atom is -0.338 e. The second kappa shape index (κ2) is 7.43. The number of amides is 1. The SMILES string of the molecule is CCC(CC)N(CC(C)C)C(=O)C(N)c1cnn(C)c1. The molecule has 1 unspecified atom stereocenters. The summed E-state index contributed by atoms with van der Waals surface area (Å²) >= 11 is 0. The molecule has 1 atom stereocenters. The zero-order chi connectivity index (χ0) is 15.3. The largest absolute Gasteiger partial charge is 0.338 e. The van der Waals surface area contributed by atoms with Gasteiger partial charge in [0, 0.05) is 31.4 Å². The van der Waals surface area contributed by atoms with E-state index in [4.69, 9.17) is 5.73 Å². The Hall–Kier alpha value is -1.36. The van der Waals surface area contributed by atoms with E-state index in [1.54, 1.807) is 10.9 Å². The van der Waals surface area contributed by atoms with Gasteiger partial charge < -0.3 is 10.6 Å². The predicted octanol–water partition coefficient (Wildman–Crippen LogP) is 2.09. The standard InChI is InChI=1S/C15H28N4O/c1-6-13(7-2)19(9-11(3)4)15(20)14(16)12-8-17-18(5)10-12/h8,10-11,13-14H,6-7,9,16H2,1-5H3. The fraction of sp³-hybridized carbons (Fsp3) is 0.733. The van der Waals surface area contributed by atoms with Crippen molar-refractivity contribution in [3.63, 3.8) is 0 Å². The van der Waals surface area contributed by atoms with E-state index in [2.05, 4.69) is 32.8 Å². The van der Waals surface area contributed by atoms with Crippen molar-refractivity contribution in [2.24, 2.45) is 18.7 Å². The Bertz CT molecular complexity index is 423. The molecule has 114 valence electrons. The van der Waals surface area contributed by atoms with Gasteiger partial charge in [-0.1, -0.05) is 27.7 Å². The smallest absolute Gasteiger partial charge is 0.244 e. The van der Waals surface area contributed by atoms with Crippen LogP contribution < -0.4 is 5.73 Å². The highest BCUT2D eigenvalue weighted by Crippen LogP contribution is 2.18. The number of carbonyl (C=O) groups is 1. The summed E-state index contributed by atoms with van der Waals surface area (Å²) < 4.78 is 1.67. The first-order chi connectivity index (χ1) is 9.40. The second-order valence-electron chi connectivity index (χ2n) is 5.78. The van der Waals surface area contributed by atoms with E-state index in [1.165, 1.54) is 0 Å². The minimum atomic E-state index is -0.622. The summed E-state index contributed by atoms with van der Waals surface area (Å²) in [5.74, 6) is 0.432. The molecule has 1 aromatic rings. The molecule has 0 radical (unpaired) electrons. The van der Waals surface area contributed by atoms with Crippen molar-refractivity contribution in [2.45, 2.75) is 52.6 Å². The summed E-state index contributed by atoms with van der Waals surface area (Å²) in [6.07, 6.45) is 5.38. The molecule has 1 heterocycles. The average Bonchev–Trinajstić information content (AvgIpc) is 2.83. The average molecular weight is 280 g/mol. The lowest BCUT2D eigenvalue weighted by Gasteiger charge is -2.33. The van der Waals surface area contributed by atoms with Crippen molar-refractivity contribution in [3.8, 4) is 0 Å². The summed E-state index contributed by atoms with van der Waals surface area (Å²) in [6, 6.07) is -0.365. The van der Waals surface area contributed by atoms with Gasteiger partial charge in [0.05, 0.1) is 6.20 Å². The van der Waals surface area contributed by atoms with Crippen LogP contribution in [-0.4, -0.2) is 33.2 Å². The predicted molar refractivity (Wildman–Crippen MR) is 81.1 cm³/mol. The molecular formula is C15H28N4O. The van der Waals surface area contributed by atoms with Crippen LogP contribution in [0, 0.1) is 5.92 Å². The number of aryl methyl sites for hydroxylation is 1. The number of rotatable bonds is 7. The normalized spacial score (nSPS) is 13.0. The van der Waals surface area contributed by atoms with E-state index in [1.807, 2.05) is 18.1 Å². The second-order valence-corrected chi connectivity index (χ2v) is 5.78. The fourth-order valence-electron chi connectivity index (χ4n) is 2.46. The first-order valence-corrected chi connectivity index (χ1v) is 7.45. The Labute approximate surface area is 122 Å². The number of nitrogens with two attached hydrogens (primary N) is 1. The Balaban J connectivity index is 2.91. The van der Waals surface area contributed by atoms with E-state index in [0.29, 0.717) is 5.92 Å². The molecule has 0 saturated carbocycles. The van der Waals surface area contributed by atoms with E-state index >= 15 is 0 Å². The Kier molecular flexibility index (Phi) is 6.20. The van der Waals surface area contributed by atoms with Crippen molar-refractivity contribution >= 4 is 5.91 Å². The summed E-state index contributed by atoms with van der Waals surface area (Å²) in [5, 5.41) is 4.09. The summed E-state index contributed by atoms with van der Waals surface area (Å²) in [7, 11) is 1.83. The first kappa shape index (κ1) is 16.7. The van der Waals surface area contributed by atoms with Gasteiger partial charge in [-0.2, -0.15) is 5.10 Å². The first-order valence-electron chi connectivity index (χ1n) is 7.45. The number of carbonyl (C=O) groups excluding carboxylic acids is 1. The van der Waals surface area contributed by atoms with Crippen molar-refractivity contribution < 1.29 is 4.79 Å². The number of aromatic nitrogens is 2. The fourth-order valence-corrected chi connectivity index (χ4v) is 2.46. The third-order valence-corrected chi connectivity index (χ3v) is 3.58. The molecule has 0 bridgehead atoms. The highest BCUT2D eigenvalue weighted by molar-refractivity contribution is 5.83. The third kappa shape index (κ3) is 4.07. The number of hydrogen-bond donors (Lipinski definition) is 1. The van der Waals surface area contributed by atoms with Gasteiger partial charge in [-0.25, -0.2) is 0 Å². The molecule has 0 fully saturated rings. The summed E-state index contributed by atoms with van der Waals surface area (Å²) in [4.78, 5) is 14.7. The molecule has 1 aromatic heterocycles. The monoisotopic (exact) mass is 280 g/mol. The highest BCUT2D eigenvalue weighted by Gasteiger charge is 2.28. The zero-order valence-electron chi connectivity index (χ0n) is 13.3. The molecule has 1 rings (SSSR count). The molecule has 0 aliphatic carbocycles. The van der Waals surface area contributed by atoms with Crippen LogP contribution >= 0.6 is 0 Å². The van der Waals surface area contributed by atoms with Crippen LogP contribution in [0.25, 0.3) is 0 Å². The van der Waals surface area contributed by atoms with Crippen molar-refractivity contribution in [2.75, 3.05) is 6.54 Å². The van der Waals surface area contributed by atoms with Crippen molar-refractivity contribution in [1.82, 2.24) is 14.7 Å². The van der Waals surface area contributed by atoms with Gasteiger partial charge in [0.2, 0.25) is 5.91 Å². The maximum absolute atomic E-state index is 12.7. The topological polar surface area (TPSA) is 64.2 Å². The Morgan fingerprint density at radius 1 is 1.40 bits per heavy atom. The number of hydrogen-bond acceptors (Lipinski definition) is 3. The molecule has 2 N–H and O–H groups in total. The summed E-state index contributed by atoms with van der Waals surface area (Å²) in [6.45, 7) is 9.23. The van der Waals surface area contributed by atoms with Gasteiger partial charge in [-0.3, -0.25) is 9.48 Å². The molecular weight excluding hydrogens is 252 g/mol. The van der Waals surface area contributed by atoms with Crippen LogP contribution in [0.2, 0.25) is 0 Å². The Morgan fingerprint density at radius 2 is 2.00 bits per heavy atom. The molecule has 20 heavy (non-hydrogen) atoms. The summed E-state index contributed by atoms with van der Waals surface area (Å²) in [5.41, 5.74) is 6.91. The van der Waals surface area contributed by atoms with Crippen LogP contribution in [0.4, 0.5) is 0 Å². The van der Waals surface area contributed by atoms with Crippen LogP contribution in [0.5, 0.6) is 0 Å². The van der Waals surface area contributed by atoms with Crippen LogP contribution in [0.3, 0.4) is 0 Å². The van der Waals surface area contributed by atoms with E-state index in [9.17, 15) is 4.79 Å². The van der Waals surface area contributed by atoms with E-state index in [-0.39, 0.29) is 11.9 Å². The molecule has 0 saturated heterocycles. The van der Waals surface area contributed by atoms with Crippen LogP contribution in [0.15, 0.2) is 12.4 Å². The molecule has 1 amide bonds. The molecule has 0 aliphatic heterocycles. The lowest BCUT2D eigenvalue weighted by atomic mass is 10.0. The Morgan fingerprint density at radius 3 is 2.40 bits per heavy atom. The van der Waals surface area contributed by atoms with Gasteiger partial charge in [0.15, 0.2) is 0 Å². The van der Waals surface area contributed by atoms with Crippen LogP contribution in [0.1, 0.15) is 52.1 Å². The van der Waals surface area contributed by atoms with Gasteiger partial charge in [0.1, 0.15) is 6.04 Å². The van der Waals surface area contributed by atoms with Crippen LogP contribution in [-0.2, 0) is 11.8 Å². The molecule has 5 heteroatoms. The molecule has 5 nitrogen and oxygen atoms in total. The third-order valence-electron chi connectivity index (χ3n) is 3.58. The van der Waals surface area contributed by atoms with Gasteiger partial charge in [-0.15, -0.1) is 0 Å². The number of nitrogens with zero attached hydrogens (tertiary/aromatic N) is 3. The van der Waals surface area contributed by atoms with Crippen molar-refractivity contribution in [3.05, 3.63) is 18.0 Å². The maximum atomic E-state index is 12.7. The molecule has 0 spiro atoms. The zero-order valence-corrected chi connectivity index (χ0v) is 13.3. The maximum Gasteiger partial charge on any atom is 0.244 e. The highest BCUT2D eigenvalue weighted by atomic mass is 16.2. The van der Waals surface area contributed by atoms with Gasteiger partial charge in [-0.05, 0) is 18.8 Å². The molecule has 0 aliphatic rings.